The molecule has 0 saturated heterocycles. The van der Waals surface area contributed by atoms with Gasteiger partial charge in [0.2, 0.25) is 0 Å². The summed E-state index contributed by atoms with van der Waals surface area (Å²) in [5.41, 5.74) is 2.04. The maximum absolute atomic E-state index is 5.99. The third-order valence-electron chi connectivity index (χ3n) is 4.28. The first-order valence-electron chi connectivity index (χ1n) is 7.98. The van der Waals surface area contributed by atoms with Crippen LogP contribution >= 0.6 is 0 Å². The molecule has 0 saturated carbocycles. The van der Waals surface area contributed by atoms with E-state index >= 15 is 0 Å². The summed E-state index contributed by atoms with van der Waals surface area (Å²) in [5.74, 6) is 2.63. The number of likely N-dealkylation sites (N-methyl/N-ethyl adjacent to an activating group) is 1. The van der Waals surface area contributed by atoms with Crippen LogP contribution in [0, 0.1) is 0 Å². The Kier molecular flexibility index (Phi) is 3.65. The molecule has 0 unspecified atom stereocenters. The molecule has 1 atom stereocenters. The van der Waals surface area contributed by atoms with Crippen LogP contribution in [0.5, 0.6) is 5.75 Å². The minimum absolute atomic E-state index is 0.142. The molecule has 0 aliphatic carbocycles. The van der Waals surface area contributed by atoms with Gasteiger partial charge in [-0.25, -0.2) is 4.98 Å². The number of aromatic nitrogens is 4. The lowest BCUT2D eigenvalue weighted by Gasteiger charge is -2.21. The number of benzene rings is 1. The van der Waals surface area contributed by atoms with Gasteiger partial charge in [-0.1, -0.05) is 18.2 Å². The Hall–Kier alpha value is -2.89. The maximum atomic E-state index is 5.99. The summed E-state index contributed by atoms with van der Waals surface area (Å²) in [6, 6.07) is 12.1. The fourth-order valence-corrected chi connectivity index (χ4v) is 3.02. The van der Waals surface area contributed by atoms with Gasteiger partial charge in [-0.2, -0.15) is 0 Å². The molecule has 122 valence electrons. The van der Waals surface area contributed by atoms with Crippen LogP contribution in [-0.4, -0.2) is 39.4 Å². The molecule has 2 aromatic heterocycles. The first-order chi connectivity index (χ1) is 11.7. The van der Waals surface area contributed by atoms with Gasteiger partial charge >= 0.3 is 0 Å². The second-order valence-electron chi connectivity index (χ2n) is 6.07. The Morgan fingerprint density at radius 3 is 2.79 bits per heavy atom. The zero-order valence-corrected chi connectivity index (χ0v) is 13.8. The number of imidazole rings is 1. The Bertz CT molecular complexity index is 818. The van der Waals surface area contributed by atoms with Gasteiger partial charge in [0.05, 0.1) is 6.54 Å². The second kappa shape index (κ2) is 5.96. The van der Waals surface area contributed by atoms with E-state index in [1.54, 1.807) is 6.20 Å². The first-order valence-corrected chi connectivity index (χ1v) is 7.98. The second-order valence-corrected chi connectivity index (χ2v) is 6.07. The van der Waals surface area contributed by atoms with Crippen LogP contribution in [0.4, 0.5) is 5.82 Å². The Labute approximate surface area is 140 Å². The van der Waals surface area contributed by atoms with Crippen LogP contribution < -0.4 is 9.64 Å². The quantitative estimate of drug-likeness (QED) is 0.738. The third kappa shape index (κ3) is 2.71. The molecule has 1 aliphatic heterocycles. The van der Waals surface area contributed by atoms with Crippen molar-refractivity contribution in [3.05, 3.63) is 54.4 Å². The normalized spacial score (nSPS) is 15.8. The molecule has 24 heavy (non-hydrogen) atoms. The zero-order valence-electron chi connectivity index (χ0n) is 13.8. The van der Waals surface area contributed by atoms with Gasteiger partial charge in [0.1, 0.15) is 17.5 Å². The molecular formula is C18H19N5O. The number of anilines is 1. The van der Waals surface area contributed by atoms with Gasteiger partial charge in [0.15, 0.2) is 11.6 Å². The largest absolute Gasteiger partial charge is 0.488 e. The highest BCUT2D eigenvalue weighted by Crippen LogP contribution is 2.28. The van der Waals surface area contributed by atoms with Crippen molar-refractivity contribution in [3.63, 3.8) is 0 Å². The van der Waals surface area contributed by atoms with Crippen molar-refractivity contribution in [1.29, 1.82) is 0 Å². The van der Waals surface area contributed by atoms with Crippen molar-refractivity contribution < 1.29 is 4.74 Å². The number of aryl methyl sites for hydroxylation is 1. The summed E-state index contributed by atoms with van der Waals surface area (Å²) in [6.07, 6.45) is 4.72. The number of rotatable bonds is 4. The zero-order chi connectivity index (χ0) is 16.5. The number of hydrogen-bond donors (Lipinski definition) is 0. The van der Waals surface area contributed by atoms with Gasteiger partial charge in [0.25, 0.3) is 0 Å². The Morgan fingerprint density at radius 1 is 1.21 bits per heavy atom. The predicted molar refractivity (Wildman–Crippen MR) is 92.1 cm³/mol. The van der Waals surface area contributed by atoms with Crippen LogP contribution in [0.15, 0.2) is 48.8 Å². The fourth-order valence-electron chi connectivity index (χ4n) is 3.02. The summed E-state index contributed by atoms with van der Waals surface area (Å²) < 4.78 is 7.92. The topological polar surface area (TPSA) is 56.1 Å². The molecule has 0 spiro atoms. The molecule has 1 aliphatic rings. The lowest BCUT2D eigenvalue weighted by Crippen LogP contribution is -2.32. The third-order valence-corrected chi connectivity index (χ3v) is 4.28. The van der Waals surface area contributed by atoms with Crippen LogP contribution in [0.2, 0.25) is 0 Å². The van der Waals surface area contributed by atoms with E-state index in [2.05, 4.69) is 32.2 Å². The molecule has 4 rings (SSSR count). The van der Waals surface area contributed by atoms with Crippen molar-refractivity contribution >= 4 is 5.82 Å². The molecule has 0 N–H and O–H groups in total. The molecule has 6 nitrogen and oxygen atoms in total. The molecule has 6 heteroatoms. The number of para-hydroxylation sites is 1. The van der Waals surface area contributed by atoms with E-state index in [9.17, 15) is 0 Å². The van der Waals surface area contributed by atoms with Gasteiger partial charge in [-0.3, -0.25) is 0 Å². The summed E-state index contributed by atoms with van der Waals surface area (Å²) in [5, 5.41) is 8.64. The number of ether oxygens (including phenoxy) is 1. The van der Waals surface area contributed by atoms with E-state index in [1.165, 1.54) is 5.56 Å². The van der Waals surface area contributed by atoms with E-state index < -0.39 is 0 Å². The molecular weight excluding hydrogens is 302 g/mol. The highest BCUT2D eigenvalue weighted by Gasteiger charge is 2.24. The molecule has 3 heterocycles. The monoisotopic (exact) mass is 321 g/mol. The van der Waals surface area contributed by atoms with Gasteiger partial charge in [0, 0.05) is 32.9 Å². The van der Waals surface area contributed by atoms with Crippen molar-refractivity contribution in [2.75, 3.05) is 18.5 Å². The van der Waals surface area contributed by atoms with Crippen LogP contribution in [0.25, 0.3) is 11.5 Å². The van der Waals surface area contributed by atoms with Crippen LogP contribution in [-0.2, 0) is 13.5 Å². The van der Waals surface area contributed by atoms with Crippen molar-refractivity contribution in [2.24, 2.45) is 7.05 Å². The lowest BCUT2D eigenvalue weighted by atomic mass is 10.1. The molecule has 0 bridgehead atoms. The van der Waals surface area contributed by atoms with Crippen LogP contribution in [0.3, 0.4) is 0 Å². The Balaban J connectivity index is 1.44. The average molecular weight is 321 g/mol. The van der Waals surface area contributed by atoms with E-state index in [4.69, 9.17) is 4.74 Å². The molecule has 0 amide bonds. The van der Waals surface area contributed by atoms with E-state index in [-0.39, 0.29) is 6.10 Å². The fraction of sp³-hybridized carbons (Fsp3) is 0.278. The maximum Gasteiger partial charge on any atom is 0.160 e. The van der Waals surface area contributed by atoms with E-state index in [0.29, 0.717) is 0 Å². The van der Waals surface area contributed by atoms with Crippen molar-refractivity contribution in [3.8, 4) is 17.3 Å². The summed E-state index contributed by atoms with van der Waals surface area (Å²) in [4.78, 5) is 6.37. The summed E-state index contributed by atoms with van der Waals surface area (Å²) >= 11 is 0. The number of nitrogens with zero attached hydrogens (tertiary/aromatic N) is 5. The number of hydrogen-bond acceptors (Lipinski definition) is 5. The highest BCUT2D eigenvalue weighted by molar-refractivity contribution is 5.51. The first kappa shape index (κ1) is 14.7. The van der Waals surface area contributed by atoms with Crippen molar-refractivity contribution in [2.45, 2.75) is 12.5 Å². The molecule has 0 fully saturated rings. The minimum atomic E-state index is 0.142. The summed E-state index contributed by atoms with van der Waals surface area (Å²) in [7, 11) is 3.95. The predicted octanol–water partition coefficient (Wildman–Crippen LogP) is 2.32. The minimum Gasteiger partial charge on any atom is -0.488 e. The Morgan fingerprint density at radius 2 is 2.08 bits per heavy atom. The van der Waals surface area contributed by atoms with E-state index in [1.807, 2.05) is 49.1 Å². The average Bonchev–Trinajstić information content (AvgIpc) is 3.20. The molecule has 1 aromatic carbocycles. The highest BCUT2D eigenvalue weighted by atomic mass is 16.5. The standard InChI is InChI=1S/C18H19N5O/c1-22-10-9-19-18(22)15-7-8-17(21-20-15)23(2)12-14-11-13-5-3-4-6-16(13)24-14/h3-10,14H,11-12H2,1-2H3/t14-/m1/s1. The van der Waals surface area contributed by atoms with Crippen LogP contribution in [0.1, 0.15) is 5.56 Å². The smallest absolute Gasteiger partial charge is 0.160 e. The van der Waals surface area contributed by atoms with Gasteiger partial charge in [-0.05, 0) is 23.8 Å². The SMILES string of the molecule is CN(C[C@H]1Cc2ccccc2O1)c1ccc(-c2nccn2C)nn1. The molecule has 0 radical (unpaired) electrons. The molecule has 3 aromatic rings. The van der Waals surface area contributed by atoms with E-state index in [0.717, 1.165) is 36.1 Å². The number of fused-ring (bicyclic) bond motifs is 1. The summed E-state index contributed by atoms with van der Waals surface area (Å²) in [6.45, 7) is 0.769. The van der Waals surface area contributed by atoms with Gasteiger partial charge in [-0.15, -0.1) is 10.2 Å². The van der Waals surface area contributed by atoms with Gasteiger partial charge < -0.3 is 14.2 Å². The van der Waals surface area contributed by atoms with Crippen molar-refractivity contribution in [1.82, 2.24) is 19.7 Å². The lowest BCUT2D eigenvalue weighted by molar-refractivity contribution is 0.239.